The number of carbonyl (C=O) groups excluding carboxylic acids is 2. The highest BCUT2D eigenvalue weighted by Crippen LogP contribution is 2.33. The standard InChI is InChI=1S/C15H20Cl2N2O3/c1-9(2)8-12(20)18-6-7-19-15(21)13-10(16)4-5-11(17)14(13)22-3/h4-5,9H,6-8H2,1-3H3,(H,18,20)(H,19,21). The fourth-order valence-corrected chi connectivity index (χ4v) is 2.32. The first-order valence-electron chi connectivity index (χ1n) is 6.93. The predicted molar refractivity (Wildman–Crippen MR) is 87.8 cm³/mol. The molecule has 0 aliphatic carbocycles. The minimum absolute atomic E-state index is 0.0392. The molecule has 0 fully saturated rings. The van der Waals surface area contributed by atoms with Gasteiger partial charge in [-0.05, 0) is 18.1 Å². The third-order valence-corrected chi connectivity index (χ3v) is 3.43. The van der Waals surface area contributed by atoms with Crippen molar-refractivity contribution in [3.8, 4) is 5.75 Å². The molecule has 22 heavy (non-hydrogen) atoms. The van der Waals surface area contributed by atoms with Crippen molar-refractivity contribution in [1.29, 1.82) is 0 Å². The highest BCUT2D eigenvalue weighted by molar-refractivity contribution is 6.37. The summed E-state index contributed by atoms with van der Waals surface area (Å²) in [5, 5.41) is 5.97. The molecule has 2 N–H and O–H groups in total. The van der Waals surface area contributed by atoms with Gasteiger partial charge in [-0.1, -0.05) is 37.0 Å². The van der Waals surface area contributed by atoms with Gasteiger partial charge in [0.05, 0.1) is 17.2 Å². The zero-order valence-electron chi connectivity index (χ0n) is 12.8. The SMILES string of the molecule is COc1c(Cl)ccc(Cl)c1C(=O)NCCNC(=O)CC(C)C. The fraction of sp³-hybridized carbons (Fsp3) is 0.467. The Kier molecular flexibility index (Phi) is 7.48. The number of hydrogen-bond acceptors (Lipinski definition) is 3. The summed E-state index contributed by atoms with van der Waals surface area (Å²) in [6, 6.07) is 3.09. The van der Waals surface area contributed by atoms with Crippen molar-refractivity contribution >= 4 is 35.0 Å². The first-order chi connectivity index (χ1) is 10.4. The minimum Gasteiger partial charge on any atom is -0.494 e. The van der Waals surface area contributed by atoms with E-state index in [1.807, 2.05) is 13.8 Å². The van der Waals surface area contributed by atoms with Crippen LogP contribution in [0.25, 0.3) is 0 Å². The molecule has 0 heterocycles. The minimum atomic E-state index is -0.401. The summed E-state index contributed by atoms with van der Waals surface area (Å²) >= 11 is 12.0. The Morgan fingerprint density at radius 2 is 1.73 bits per heavy atom. The van der Waals surface area contributed by atoms with Gasteiger partial charge >= 0.3 is 0 Å². The number of ether oxygens (including phenoxy) is 1. The van der Waals surface area contributed by atoms with Crippen LogP contribution in [0.2, 0.25) is 10.0 Å². The maximum Gasteiger partial charge on any atom is 0.256 e. The van der Waals surface area contributed by atoms with Gasteiger partial charge in [-0.15, -0.1) is 0 Å². The number of methoxy groups -OCH3 is 1. The van der Waals surface area contributed by atoms with Crippen molar-refractivity contribution < 1.29 is 14.3 Å². The van der Waals surface area contributed by atoms with E-state index in [9.17, 15) is 9.59 Å². The monoisotopic (exact) mass is 346 g/mol. The number of rotatable bonds is 7. The smallest absolute Gasteiger partial charge is 0.256 e. The number of halogens is 2. The Morgan fingerprint density at radius 3 is 2.32 bits per heavy atom. The summed E-state index contributed by atoms with van der Waals surface area (Å²) in [7, 11) is 1.42. The van der Waals surface area contributed by atoms with E-state index < -0.39 is 5.91 Å². The lowest BCUT2D eigenvalue weighted by atomic mass is 10.1. The topological polar surface area (TPSA) is 67.4 Å². The number of nitrogens with one attached hydrogen (secondary N) is 2. The van der Waals surface area contributed by atoms with Crippen LogP contribution in [0.5, 0.6) is 5.75 Å². The molecule has 122 valence electrons. The number of carbonyl (C=O) groups is 2. The van der Waals surface area contributed by atoms with E-state index in [2.05, 4.69) is 10.6 Å². The number of amides is 2. The summed E-state index contributed by atoms with van der Waals surface area (Å²) < 4.78 is 5.12. The van der Waals surface area contributed by atoms with Gasteiger partial charge in [0, 0.05) is 19.5 Å². The molecule has 0 spiro atoms. The molecule has 0 saturated heterocycles. The van der Waals surface area contributed by atoms with Crippen LogP contribution in [0, 0.1) is 5.92 Å². The van der Waals surface area contributed by atoms with E-state index in [-0.39, 0.29) is 28.8 Å². The lowest BCUT2D eigenvalue weighted by Gasteiger charge is -2.13. The summed E-state index contributed by atoms with van der Waals surface area (Å²) in [5.41, 5.74) is 0.185. The largest absolute Gasteiger partial charge is 0.494 e. The molecule has 0 radical (unpaired) electrons. The van der Waals surface area contributed by atoms with Gasteiger partial charge in [-0.25, -0.2) is 0 Å². The second-order valence-electron chi connectivity index (χ2n) is 5.14. The van der Waals surface area contributed by atoms with Gasteiger partial charge in [0.2, 0.25) is 5.91 Å². The lowest BCUT2D eigenvalue weighted by molar-refractivity contribution is -0.121. The highest BCUT2D eigenvalue weighted by atomic mass is 35.5. The molecule has 0 bridgehead atoms. The van der Waals surface area contributed by atoms with Crippen LogP contribution in [0.1, 0.15) is 30.6 Å². The summed E-state index contributed by atoms with van der Waals surface area (Å²) in [6.07, 6.45) is 0.460. The molecule has 0 atom stereocenters. The van der Waals surface area contributed by atoms with E-state index in [0.717, 1.165) is 0 Å². The maximum atomic E-state index is 12.2. The van der Waals surface area contributed by atoms with Crippen LogP contribution in [0.15, 0.2) is 12.1 Å². The number of benzene rings is 1. The van der Waals surface area contributed by atoms with Crippen molar-refractivity contribution in [3.05, 3.63) is 27.7 Å². The van der Waals surface area contributed by atoms with Gasteiger partial charge in [0.25, 0.3) is 5.91 Å². The predicted octanol–water partition coefficient (Wildman–Crippen LogP) is 2.89. The van der Waals surface area contributed by atoms with Crippen molar-refractivity contribution in [2.24, 2.45) is 5.92 Å². The van der Waals surface area contributed by atoms with Crippen LogP contribution < -0.4 is 15.4 Å². The van der Waals surface area contributed by atoms with Gasteiger partial charge < -0.3 is 15.4 Å². The van der Waals surface area contributed by atoms with Gasteiger partial charge in [-0.3, -0.25) is 9.59 Å². The highest BCUT2D eigenvalue weighted by Gasteiger charge is 2.19. The molecule has 0 saturated carbocycles. The van der Waals surface area contributed by atoms with Crippen molar-refractivity contribution in [3.63, 3.8) is 0 Å². The van der Waals surface area contributed by atoms with E-state index in [4.69, 9.17) is 27.9 Å². The zero-order valence-corrected chi connectivity index (χ0v) is 14.3. The van der Waals surface area contributed by atoms with Gasteiger partial charge in [0.1, 0.15) is 5.56 Å². The second-order valence-corrected chi connectivity index (χ2v) is 5.96. The van der Waals surface area contributed by atoms with Crippen LogP contribution in [0.4, 0.5) is 0 Å². The lowest BCUT2D eigenvalue weighted by Crippen LogP contribution is -2.35. The van der Waals surface area contributed by atoms with Crippen molar-refractivity contribution in [2.45, 2.75) is 20.3 Å². The van der Waals surface area contributed by atoms with Crippen LogP contribution in [-0.2, 0) is 4.79 Å². The first kappa shape index (κ1) is 18.6. The molecular formula is C15H20Cl2N2O3. The Morgan fingerprint density at radius 1 is 1.14 bits per heavy atom. The van der Waals surface area contributed by atoms with Crippen LogP contribution in [0.3, 0.4) is 0 Å². The fourth-order valence-electron chi connectivity index (χ4n) is 1.85. The van der Waals surface area contributed by atoms with E-state index in [1.54, 1.807) is 6.07 Å². The van der Waals surface area contributed by atoms with Crippen molar-refractivity contribution in [2.75, 3.05) is 20.2 Å². The maximum absolute atomic E-state index is 12.2. The average molecular weight is 347 g/mol. The normalized spacial score (nSPS) is 10.5. The van der Waals surface area contributed by atoms with E-state index in [1.165, 1.54) is 13.2 Å². The molecule has 0 aliphatic heterocycles. The Hall–Kier alpha value is -1.46. The molecule has 1 rings (SSSR count). The Balaban J connectivity index is 2.57. The third-order valence-electron chi connectivity index (χ3n) is 2.82. The average Bonchev–Trinajstić information content (AvgIpc) is 2.44. The van der Waals surface area contributed by atoms with E-state index in [0.29, 0.717) is 23.9 Å². The second kappa shape index (κ2) is 8.86. The van der Waals surface area contributed by atoms with Gasteiger partial charge in [0.15, 0.2) is 5.75 Å². The zero-order chi connectivity index (χ0) is 16.7. The summed E-state index contributed by atoms with van der Waals surface area (Å²) in [4.78, 5) is 23.7. The molecule has 1 aromatic carbocycles. The Bertz CT molecular complexity index is 548. The molecular weight excluding hydrogens is 327 g/mol. The first-order valence-corrected chi connectivity index (χ1v) is 7.69. The molecule has 0 aliphatic rings. The third kappa shape index (κ3) is 5.39. The summed E-state index contributed by atoms with van der Waals surface area (Å²) in [6.45, 7) is 4.57. The molecule has 0 unspecified atom stereocenters. The molecule has 5 nitrogen and oxygen atoms in total. The molecule has 1 aromatic rings. The van der Waals surface area contributed by atoms with Crippen LogP contribution >= 0.6 is 23.2 Å². The van der Waals surface area contributed by atoms with Crippen molar-refractivity contribution in [1.82, 2.24) is 10.6 Å². The Labute approximate surface area is 140 Å². The van der Waals surface area contributed by atoms with E-state index >= 15 is 0 Å². The number of hydrogen-bond donors (Lipinski definition) is 2. The summed E-state index contributed by atoms with van der Waals surface area (Å²) in [5.74, 6) is 0.0877. The molecule has 7 heteroatoms. The quantitative estimate of drug-likeness (QED) is 0.746. The molecule has 2 amide bonds. The van der Waals surface area contributed by atoms with Crippen LogP contribution in [-0.4, -0.2) is 32.0 Å². The molecule has 0 aromatic heterocycles. The van der Waals surface area contributed by atoms with Gasteiger partial charge in [-0.2, -0.15) is 0 Å².